The summed E-state index contributed by atoms with van der Waals surface area (Å²) < 4.78 is 0. The Labute approximate surface area is 91.6 Å². The molecule has 15 heavy (non-hydrogen) atoms. The maximum Gasteiger partial charge on any atom is 0.267 e. The van der Waals surface area contributed by atoms with Gasteiger partial charge in [-0.2, -0.15) is 11.3 Å². The largest absolute Gasteiger partial charge is 0.364 e. The molecule has 2 heterocycles. The van der Waals surface area contributed by atoms with E-state index >= 15 is 0 Å². The van der Waals surface area contributed by atoms with Crippen LogP contribution in [0, 0.1) is 0 Å². The van der Waals surface area contributed by atoms with Crippen molar-refractivity contribution in [1.82, 2.24) is 4.98 Å². The molecule has 3 nitrogen and oxygen atoms in total. The van der Waals surface area contributed by atoms with E-state index in [2.05, 4.69) is 10.4 Å². The van der Waals surface area contributed by atoms with Gasteiger partial charge in [0.15, 0.2) is 0 Å². The third-order valence-corrected chi connectivity index (χ3v) is 2.83. The van der Waals surface area contributed by atoms with E-state index in [4.69, 9.17) is 5.73 Å². The minimum atomic E-state index is -0.471. The average molecular weight is 218 g/mol. The molecule has 0 saturated heterocycles. The smallest absolute Gasteiger partial charge is 0.267 e. The zero-order chi connectivity index (χ0) is 10.7. The van der Waals surface area contributed by atoms with Crippen LogP contribution in [0.15, 0.2) is 35.2 Å². The van der Waals surface area contributed by atoms with Gasteiger partial charge in [-0.1, -0.05) is 6.07 Å². The van der Waals surface area contributed by atoms with Crippen molar-refractivity contribution in [1.29, 1.82) is 0 Å². The molecular weight excluding hydrogens is 208 g/mol. The highest BCUT2D eigenvalue weighted by Crippen LogP contribution is 2.14. The van der Waals surface area contributed by atoms with Gasteiger partial charge in [0.05, 0.1) is 0 Å². The van der Waals surface area contributed by atoms with Gasteiger partial charge < -0.3 is 5.73 Å². The Bertz CT molecular complexity index is 465. The van der Waals surface area contributed by atoms with Crippen LogP contribution in [-0.2, 0) is 6.42 Å². The zero-order valence-electron chi connectivity index (χ0n) is 8.01. The van der Waals surface area contributed by atoms with Crippen LogP contribution < -0.4 is 5.73 Å². The predicted molar refractivity (Wildman–Crippen MR) is 59.9 cm³/mol. The van der Waals surface area contributed by atoms with Crippen LogP contribution in [0.4, 0.5) is 0 Å². The first kappa shape index (κ1) is 9.86. The number of pyridine rings is 1. The molecule has 0 aliphatic carbocycles. The quantitative estimate of drug-likeness (QED) is 0.854. The van der Waals surface area contributed by atoms with Crippen LogP contribution in [0.3, 0.4) is 0 Å². The second kappa shape index (κ2) is 4.23. The van der Waals surface area contributed by atoms with E-state index in [1.165, 1.54) is 5.56 Å². The van der Waals surface area contributed by atoms with Crippen molar-refractivity contribution in [2.45, 2.75) is 6.42 Å². The molecule has 76 valence electrons. The van der Waals surface area contributed by atoms with Crippen LogP contribution in [0.25, 0.3) is 0 Å². The Kier molecular flexibility index (Phi) is 2.78. The standard InChI is InChI=1S/C11H10N2OS/c12-11(14)10-9(2-1-4-13-10)6-8-3-5-15-7-8/h1-5,7H,6H2,(H2,12,14). The number of hydrogen-bond acceptors (Lipinski definition) is 3. The fourth-order valence-electron chi connectivity index (χ4n) is 1.42. The molecule has 0 aliphatic rings. The summed E-state index contributed by atoms with van der Waals surface area (Å²) in [5, 5.41) is 4.06. The number of rotatable bonds is 3. The lowest BCUT2D eigenvalue weighted by Crippen LogP contribution is -2.15. The molecule has 0 fully saturated rings. The van der Waals surface area contributed by atoms with E-state index in [1.54, 1.807) is 17.5 Å². The minimum Gasteiger partial charge on any atom is -0.364 e. The number of amides is 1. The average Bonchev–Trinajstić information content (AvgIpc) is 2.71. The number of carbonyl (C=O) groups is 1. The van der Waals surface area contributed by atoms with E-state index in [9.17, 15) is 4.79 Å². The van der Waals surface area contributed by atoms with Crippen LogP contribution in [-0.4, -0.2) is 10.9 Å². The summed E-state index contributed by atoms with van der Waals surface area (Å²) in [6, 6.07) is 5.72. The summed E-state index contributed by atoms with van der Waals surface area (Å²) in [5.74, 6) is -0.471. The van der Waals surface area contributed by atoms with Crippen molar-refractivity contribution in [2.75, 3.05) is 0 Å². The van der Waals surface area contributed by atoms with Crippen molar-refractivity contribution in [3.8, 4) is 0 Å². The monoisotopic (exact) mass is 218 g/mol. The van der Waals surface area contributed by atoms with Gasteiger partial charge in [-0.05, 0) is 34.0 Å². The summed E-state index contributed by atoms with van der Waals surface area (Å²) in [4.78, 5) is 15.1. The molecule has 2 N–H and O–H groups in total. The molecule has 4 heteroatoms. The van der Waals surface area contributed by atoms with Gasteiger partial charge in [0.1, 0.15) is 5.69 Å². The Morgan fingerprint density at radius 2 is 2.33 bits per heavy atom. The van der Waals surface area contributed by atoms with E-state index in [-0.39, 0.29) is 0 Å². The molecule has 1 amide bonds. The van der Waals surface area contributed by atoms with Crippen LogP contribution in [0.2, 0.25) is 0 Å². The first-order valence-corrected chi connectivity index (χ1v) is 5.46. The molecule has 0 aliphatic heterocycles. The topological polar surface area (TPSA) is 56.0 Å². The van der Waals surface area contributed by atoms with Crippen LogP contribution in [0.1, 0.15) is 21.6 Å². The Morgan fingerprint density at radius 3 is 3.00 bits per heavy atom. The number of hydrogen-bond donors (Lipinski definition) is 1. The van der Waals surface area contributed by atoms with Crippen molar-refractivity contribution in [2.24, 2.45) is 5.73 Å². The Hall–Kier alpha value is -1.68. The molecule has 2 rings (SSSR count). The van der Waals surface area contributed by atoms with Crippen molar-refractivity contribution in [3.63, 3.8) is 0 Å². The molecule has 0 unspecified atom stereocenters. The summed E-state index contributed by atoms with van der Waals surface area (Å²) in [7, 11) is 0. The highest BCUT2D eigenvalue weighted by Gasteiger charge is 2.09. The normalized spacial score (nSPS) is 10.1. The zero-order valence-corrected chi connectivity index (χ0v) is 8.83. The lowest BCUT2D eigenvalue weighted by atomic mass is 10.1. The van der Waals surface area contributed by atoms with Crippen LogP contribution >= 0.6 is 11.3 Å². The maximum absolute atomic E-state index is 11.1. The lowest BCUT2D eigenvalue weighted by Gasteiger charge is -2.03. The summed E-state index contributed by atoms with van der Waals surface area (Å²) in [6.45, 7) is 0. The number of nitrogens with zero attached hydrogens (tertiary/aromatic N) is 1. The first-order valence-electron chi connectivity index (χ1n) is 4.52. The summed E-state index contributed by atoms with van der Waals surface area (Å²) >= 11 is 1.64. The number of primary amides is 1. The summed E-state index contributed by atoms with van der Waals surface area (Å²) in [6.07, 6.45) is 2.28. The number of thiophene rings is 1. The highest BCUT2D eigenvalue weighted by molar-refractivity contribution is 7.07. The number of carbonyl (C=O) groups excluding carboxylic acids is 1. The molecule has 0 bridgehead atoms. The minimum absolute atomic E-state index is 0.365. The number of aromatic nitrogens is 1. The van der Waals surface area contributed by atoms with Gasteiger partial charge in [0, 0.05) is 12.6 Å². The van der Waals surface area contributed by atoms with Gasteiger partial charge in [-0.3, -0.25) is 9.78 Å². The van der Waals surface area contributed by atoms with Gasteiger partial charge in [-0.25, -0.2) is 0 Å². The van der Waals surface area contributed by atoms with E-state index in [0.717, 1.165) is 5.56 Å². The first-order chi connectivity index (χ1) is 7.27. The van der Waals surface area contributed by atoms with E-state index < -0.39 is 5.91 Å². The summed E-state index contributed by atoms with van der Waals surface area (Å²) in [5.41, 5.74) is 7.66. The SMILES string of the molecule is NC(=O)c1ncccc1Cc1ccsc1. The molecular formula is C11H10N2OS. The van der Waals surface area contributed by atoms with Gasteiger partial charge in [-0.15, -0.1) is 0 Å². The van der Waals surface area contributed by atoms with Crippen molar-refractivity contribution >= 4 is 17.2 Å². The second-order valence-corrected chi connectivity index (χ2v) is 3.96. The fourth-order valence-corrected chi connectivity index (χ4v) is 2.08. The third kappa shape index (κ3) is 2.22. The van der Waals surface area contributed by atoms with Gasteiger partial charge in [0.25, 0.3) is 5.91 Å². The van der Waals surface area contributed by atoms with Crippen molar-refractivity contribution < 1.29 is 4.79 Å². The molecule has 0 spiro atoms. The van der Waals surface area contributed by atoms with Gasteiger partial charge in [0.2, 0.25) is 0 Å². The second-order valence-electron chi connectivity index (χ2n) is 3.18. The molecule has 2 aromatic rings. The predicted octanol–water partition coefficient (Wildman–Crippen LogP) is 1.83. The molecule has 0 saturated carbocycles. The van der Waals surface area contributed by atoms with Crippen molar-refractivity contribution in [3.05, 3.63) is 52.0 Å². The number of nitrogens with two attached hydrogens (primary N) is 1. The molecule has 0 radical (unpaired) electrons. The van der Waals surface area contributed by atoms with E-state index in [1.807, 2.05) is 23.6 Å². The molecule has 2 aromatic heterocycles. The Balaban J connectivity index is 2.32. The molecule has 0 atom stereocenters. The highest BCUT2D eigenvalue weighted by atomic mass is 32.1. The van der Waals surface area contributed by atoms with E-state index in [0.29, 0.717) is 12.1 Å². The molecule has 0 aromatic carbocycles. The fraction of sp³-hybridized carbons (Fsp3) is 0.0909. The maximum atomic E-state index is 11.1. The van der Waals surface area contributed by atoms with Gasteiger partial charge >= 0.3 is 0 Å². The lowest BCUT2D eigenvalue weighted by molar-refractivity contribution is 0.0995. The van der Waals surface area contributed by atoms with Crippen LogP contribution in [0.5, 0.6) is 0 Å². The Morgan fingerprint density at radius 1 is 1.47 bits per heavy atom. The third-order valence-electron chi connectivity index (χ3n) is 2.10.